The Bertz CT molecular complexity index is 990. The Morgan fingerprint density at radius 3 is 2.46 bits per heavy atom. The van der Waals surface area contributed by atoms with Gasteiger partial charge in [0.1, 0.15) is 5.82 Å². The van der Waals surface area contributed by atoms with Crippen molar-refractivity contribution < 1.29 is 0 Å². The Balaban J connectivity index is 1.47. The minimum absolute atomic E-state index is 0.0706. The molecule has 3 heterocycles. The van der Waals surface area contributed by atoms with Gasteiger partial charge >= 0.3 is 0 Å². The average molecular weight is 398 g/mol. The molecule has 146 valence electrons. The van der Waals surface area contributed by atoms with Crippen LogP contribution in [0.5, 0.6) is 0 Å². The number of piperazine rings is 1. The van der Waals surface area contributed by atoms with Crippen LogP contribution in [0.3, 0.4) is 0 Å². The van der Waals surface area contributed by atoms with Crippen molar-refractivity contribution in [3.63, 3.8) is 0 Å². The maximum absolute atomic E-state index is 12.7. The number of pyridine rings is 1. The lowest BCUT2D eigenvalue weighted by molar-refractivity contribution is 0.245. The summed E-state index contributed by atoms with van der Waals surface area (Å²) < 4.78 is 1.58. The molecule has 28 heavy (non-hydrogen) atoms. The number of anilines is 1. The quantitative estimate of drug-likeness (QED) is 0.672. The molecule has 6 nitrogen and oxygen atoms in total. The summed E-state index contributed by atoms with van der Waals surface area (Å²) in [6, 6.07) is 15.7. The molecule has 0 spiro atoms. The molecule has 1 aromatic carbocycles. The van der Waals surface area contributed by atoms with Crippen molar-refractivity contribution in [2.75, 3.05) is 31.1 Å². The monoisotopic (exact) mass is 397 g/mol. The Morgan fingerprint density at radius 1 is 1.04 bits per heavy atom. The first-order valence-electron chi connectivity index (χ1n) is 9.51. The summed E-state index contributed by atoms with van der Waals surface area (Å²) in [4.78, 5) is 22.0. The lowest BCUT2D eigenvalue weighted by Gasteiger charge is -2.35. The van der Waals surface area contributed by atoms with Crippen LogP contribution in [0, 0.1) is 6.92 Å². The molecule has 0 atom stereocenters. The van der Waals surface area contributed by atoms with E-state index < -0.39 is 0 Å². The number of nitrogens with one attached hydrogen (secondary N) is 1. The highest BCUT2D eigenvalue weighted by Gasteiger charge is 2.21. The Labute approximate surface area is 169 Å². The molecule has 0 unspecified atom stereocenters. The van der Waals surface area contributed by atoms with Crippen LogP contribution < -0.4 is 10.5 Å². The largest absolute Gasteiger partial charge is 0.354 e. The summed E-state index contributed by atoms with van der Waals surface area (Å²) in [6.07, 6.45) is 0. The molecule has 0 amide bonds. The number of benzene rings is 1. The van der Waals surface area contributed by atoms with E-state index in [-0.39, 0.29) is 11.4 Å². The van der Waals surface area contributed by atoms with Crippen LogP contribution in [0.1, 0.15) is 17.0 Å². The van der Waals surface area contributed by atoms with Gasteiger partial charge in [0, 0.05) is 38.4 Å². The van der Waals surface area contributed by atoms with E-state index in [0.29, 0.717) is 12.1 Å². The van der Waals surface area contributed by atoms with Gasteiger partial charge in [0.05, 0.1) is 22.8 Å². The maximum atomic E-state index is 12.7. The highest BCUT2D eigenvalue weighted by atomic mass is 35.5. The maximum Gasteiger partial charge on any atom is 0.275 e. The van der Waals surface area contributed by atoms with E-state index in [4.69, 9.17) is 11.6 Å². The first-order valence-corrected chi connectivity index (χ1v) is 10.0. The number of H-pyrrole nitrogens is 1. The van der Waals surface area contributed by atoms with E-state index in [9.17, 15) is 4.79 Å². The fourth-order valence-corrected chi connectivity index (χ4v) is 3.88. The smallest absolute Gasteiger partial charge is 0.275 e. The SMILES string of the molecule is Cc1cccc(N2CCN(Cc3[nH]n(-c4ccccc4)c(=O)c3CCl)CC2)n1. The number of aryl methyl sites for hydroxylation is 1. The van der Waals surface area contributed by atoms with Crippen molar-refractivity contribution in [2.45, 2.75) is 19.3 Å². The van der Waals surface area contributed by atoms with E-state index in [2.05, 4.69) is 25.9 Å². The molecule has 4 rings (SSSR count). The number of para-hydroxylation sites is 1. The fourth-order valence-electron chi connectivity index (χ4n) is 3.61. The Kier molecular flexibility index (Phi) is 5.50. The second kappa shape index (κ2) is 8.20. The number of aromatic amines is 1. The molecule has 7 heteroatoms. The number of hydrogen-bond acceptors (Lipinski definition) is 4. The zero-order valence-corrected chi connectivity index (χ0v) is 16.7. The molecular formula is C21H24ClN5O. The molecule has 0 saturated carbocycles. The predicted molar refractivity (Wildman–Crippen MR) is 112 cm³/mol. The van der Waals surface area contributed by atoms with Crippen molar-refractivity contribution in [3.8, 4) is 5.69 Å². The molecule has 1 fully saturated rings. The van der Waals surface area contributed by atoms with Crippen LogP contribution in [0.2, 0.25) is 0 Å². The lowest BCUT2D eigenvalue weighted by atomic mass is 10.2. The third kappa shape index (κ3) is 3.84. The number of halogens is 1. The number of hydrogen-bond donors (Lipinski definition) is 1. The van der Waals surface area contributed by atoms with Gasteiger partial charge in [-0.2, -0.15) is 0 Å². The number of alkyl halides is 1. The number of nitrogens with zero attached hydrogens (tertiary/aromatic N) is 4. The predicted octanol–water partition coefficient (Wildman–Crippen LogP) is 2.93. The van der Waals surface area contributed by atoms with Crippen LogP contribution >= 0.6 is 11.6 Å². The van der Waals surface area contributed by atoms with Crippen molar-refractivity contribution in [1.82, 2.24) is 19.7 Å². The van der Waals surface area contributed by atoms with Crippen LogP contribution in [0.4, 0.5) is 5.82 Å². The summed E-state index contributed by atoms with van der Waals surface area (Å²) >= 11 is 6.11. The summed E-state index contributed by atoms with van der Waals surface area (Å²) in [5, 5.41) is 3.27. The molecule has 0 aliphatic carbocycles. The van der Waals surface area contributed by atoms with E-state index in [1.54, 1.807) is 4.68 Å². The number of rotatable bonds is 5. The van der Waals surface area contributed by atoms with Crippen LogP contribution in [0.15, 0.2) is 53.3 Å². The highest BCUT2D eigenvalue weighted by Crippen LogP contribution is 2.17. The first kappa shape index (κ1) is 18.8. The molecule has 1 saturated heterocycles. The van der Waals surface area contributed by atoms with Crippen molar-refractivity contribution in [3.05, 3.63) is 75.8 Å². The third-order valence-corrected chi connectivity index (χ3v) is 5.44. The Hall–Kier alpha value is -2.57. The van der Waals surface area contributed by atoms with Crippen molar-refractivity contribution in [2.24, 2.45) is 0 Å². The van der Waals surface area contributed by atoms with Gasteiger partial charge in [0.15, 0.2) is 0 Å². The zero-order valence-electron chi connectivity index (χ0n) is 15.9. The highest BCUT2D eigenvalue weighted by molar-refractivity contribution is 6.17. The molecule has 1 N–H and O–H groups in total. The van der Waals surface area contributed by atoms with Crippen LogP contribution in [-0.2, 0) is 12.4 Å². The standard InChI is InChI=1S/C21H24ClN5O/c1-16-6-5-9-20(23-16)26-12-10-25(11-13-26)15-19-18(14-22)21(28)27(24-19)17-7-3-2-4-8-17/h2-9,24H,10-15H2,1H3. The van der Waals surface area contributed by atoms with Crippen molar-refractivity contribution in [1.29, 1.82) is 0 Å². The van der Waals surface area contributed by atoms with E-state index >= 15 is 0 Å². The van der Waals surface area contributed by atoms with Crippen LogP contribution in [-0.4, -0.2) is 45.8 Å². The van der Waals surface area contributed by atoms with Gasteiger partial charge in [-0.1, -0.05) is 24.3 Å². The second-order valence-electron chi connectivity index (χ2n) is 7.08. The van der Waals surface area contributed by atoms with Gasteiger partial charge in [-0.15, -0.1) is 11.6 Å². The van der Waals surface area contributed by atoms with Gasteiger partial charge < -0.3 is 4.90 Å². The first-order chi connectivity index (χ1) is 13.7. The van der Waals surface area contributed by atoms with Gasteiger partial charge in [0.2, 0.25) is 0 Å². The summed E-state index contributed by atoms with van der Waals surface area (Å²) in [7, 11) is 0. The van der Waals surface area contributed by atoms with Crippen LogP contribution in [0.25, 0.3) is 5.69 Å². The molecule has 2 aromatic heterocycles. The molecule has 1 aliphatic rings. The second-order valence-corrected chi connectivity index (χ2v) is 7.35. The number of aromatic nitrogens is 3. The molecule has 0 bridgehead atoms. The van der Waals surface area contributed by atoms with Gasteiger partial charge in [-0.3, -0.25) is 14.8 Å². The fraction of sp³-hybridized carbons (Fsp3) is 0.333. The normalized spacial score (nSPS) is 15.1. The van der Waals surface area contributed by atoms with E-state index in [0.717, 1.165) is 49.1 Å². The average Bonchev–Trinajstić information content (AvgIpc) is 3.04. The minimum Gasteiger partial charge on any atom is -0.354 e. The molecule has 0 radical (unpaired) electrons. The summed E-state index contributed by atoms with van der Waals surface area (Å²) in [5.41, 5.74) is 3.32. The molecule has 3 aromatic rings. The summed E-state index contributed by atoms with van der Waals surface area (Å²) in [6.45, 7) is 6.35. The van der Waals surface area contributed by atoms with Crippen molar-refractivity contribution >= 4 is 17.4 Å². The van der Waals surface area contributed by atoms with E-state index in [1.807, 2.05) is 49.4 Å². The van der Waals surface area contributed by atoms with Gasteiger partial charge in [-0.25, -0.2) is 9.67 Å². The zero-order chi connectivity index (χ0) is 19.5. The lowest BCUT2D eigenvalue weighted by Crippen LogP contribution is -2.46. The molecular weight excluding hydrogens is 374 g/mol. The summed E-state index contributed by atoms with van der Waals surface area (Å²) in [5.74, 6) is 1.24. The topological polar surface area (TPSA) is 57.2 Å². The minimum atomic E-state index is -0.0706. The van der Waals surface area contributed by atoms with Gasteiger partial charge in [0.25, 0.3) is 5.56 Å². The van der Waals surface area contributed by atoms with Gasteiger partial charge in [-0.05, 0) is 31.2 Å². The van der Waals surface area contributed by atoms with E-state index in [1.165, 1.54) is 0 Å². The third-order valence-electron chi connectivity index (χ3n) is 5.17. The molecule has 1 aliphatic heterocycles. The Morgan fingerprint density at radius 2 is 1.79 bits per heavy atom.